The molecule has 1 amide bonds. The molecular formula is C22H25NO3. The van der Waals surface area contributed by atoms with E-state index in [1.807, 2.05) is 36.4 Å². The van der Waals surface area contributed by atoms with Crippen LogP contribution in [0.5, 0.6) is 0 Å². The van der Waals surface area contributed by atoms with Gasteiger partial charge in [-0.3, -0.25) is 4.79 Å². The Morgan fingerprint density at radius 2 is 1.69 bits per heavy atom. The molecule has 0 bridgehead atoms. The third-order valence-corrected chi connectivity index (χ3v) is 4.77. The molecule has 0 aromatic heterocycles. The van der Waals surface area contributed by atoms with Crippen LogP contribution in [0.2, 0.25) is 0 Å². The van der Waals surface area contributed by atoms with E-state index in [1.165, 1.54) is 0 Å². The van der Waals surface area contributed by atoms with E-state index in [1.54, 1.807) is 24.0 Å². The van der Waals surface area contributed by atoms with Crippen LogP contribution in [0.1, 0.15) is 49.2 Å². The Kier molecular flexibility index (Phi) is 4.86. The normalized spacial score (nSPS) is 14.7. The predicted octanol–water partition coefficient (Wildman–Crippen LogP) is 4.12. The van der Waals surface area contributed by atoms with Gasteiger partial charge in [0, 0.05) is 12.2 Å². The van der Waals surface area contributed by atoms with Crippen LogP contribution in [-0.4, -0.2) is 24.5 Å². The molecule has 0 saturated carbocycles. The van der Waals surface area contributed by atoms with Gasteiger partial charge in [0.15, 0.2) is 6.10 Å². The van der Waals surface area contributed by atoms with E-state index >= 15 is 0 Å². The topological polar surface area (TPSA) is 46.6 Å². The number of fused-ring (bicyclic) bond motifs is 1. The highest BCUT2D eigenvalue weighted by atomic mass is 16.5. The van der Waals surface area contributed by atoms with Crippen molar-refractivity contribution >= 4 is 17.6 Å². The molecule has 2 aromatic carbocycles. The highest BCUT2D eigenvalue weighted by molar-refractivity contribution is 6.00. The molecule has 0 unspecified atom stereocenters. The Morgan fingerprint density at radius 1 is 1.04 bits per heavy atom. The van der Waals surface area contributed by atoms with Gasteiger partial charge >= 0.3 is 5.97 Å². The van der Waals surface area contributed by atoms with Crippen molar-refractivity contribution in [2.45, 2.75) is 45.6 Å². The molecule has 4 nitrogen and oxygen atoms in total. The number of hydrogen-bond acceptors (Lipinski definition) is 3. The Balaban J connectivity index is 1.67. The number of benzene rings is 2. The summed E-state index contributed by atoms with van der Waals surface area (Å²) >= 11 is 0. The van der Waals surface area contributed by atoms with Crippen LogP contribution in [0.15, 0.2) is 48.5 Å². The monoisotopic (exact) mass is 351 g/mol. The van der Waals surface area contributed by atoms with Crippen LogP contribution < -0.4 is 4.90 Å². The number of carbonyl (C=O) groups excluding carboxylic acids is 2. The smallest absolute Gasteiger partial charge is 0.338 e. The van der Waals surface area contributed by atoms with Gasteiger partial charge in [0.1, 0.15) is 0 Å². The first kappa shape index (κ1) is 18.2. The maximum Gasteiger partial charge on any atom is 0.338 e. The van der Waals surface area contributed by atoms with Crippen molar-refractivity contribution < 1.29 is 14.3 Å². The van der Waals surface area contributed by atoms with E-state index in [0.29, 0.717) is 12.1 Å². The first-order valence-electron chi connectivity index (χ1n) is 8.98. The van der Waals surface area contributed by atoms with Gasteiger partial charge < -0.3 is 9.64 Å². The second-order valence-corrected chi connectivity index (χ2v) is 7.74. The van der Waals surface area contributed by atoms with E-state index in [4.69, 9.17) is 4.74 Å². The zero-order valence-corrected chi connectivity index (χ0v) is 15.8. The molecular weight excluding hydrogens is 326 g/mol. The maximum absolute atomic E-state index is 12.7. The Labute approximate surface area is 154 Å². The van der Waals surface area contributed by atoms with Crippen molar-refractivity contribution in [3.63, 3.8) is 0 Å². The molecule has 0 radical (unpaired) electrons. The number of para-hydroxylation sites is 1. The van der Waals surface area contributed by atoms with Crippen LogP contribution in [-0.2, 0) is 21.4 Å². The number of carbonyl (C=O) groups is 2. The summed E-state index contributed by atoms with van der Waals surface area (Å²) in [5.74, 6) is -0.659. The van der Waals surface area contributed by atoms with Crippen molar-refractivity contribution in [2.24, 2.45) is 0 Å². The largest absolute Gasteiger partial charge is 0.449 e. The van der Waals surface area contributed by atoms with Crippen molar-refractivity contribution in [1.82, 2.24) is 0 Å². The molecule has 2 aromatic rings. The second kappa shape index (κ2) is 6.94. The first-order valence-corrected chi connectivity index (χ1v) is 8.98. The van der Waals surface area contributed by atoms with E-state index in [0.717, 1.165) is 23.2 Å². The number of esters is 1. The number of nitrogens with zero attached hydrogens (tertiary/aromatic N) is 1. The molecule has 0 aliphatic carbocycles. The summed E-state index contributed by atoms with van der Waals surface area (Å²) in [5.41, 5.74) is 3.69. The molecule has 136 valence electrons. The number of hydrogen-bond donors (Lipinski definition) is 0. The molecule has 0 N–H and O–H groups in total. The third kappa shape index (κ3) is 3.64. The molecule has 3 rings (SSSR count). The lowest BCUT2D eigenvalue weighted by atomic mass is 9.87. The fraction of sp³-hybridized carbons (Fsp3) is 0.364. The lowest BCUT2D eigenvalue weighted by Gasteiger charge is -2.22. The predicted molar refractivity (Wildman–Crippen MR) is 103 cm³/mol. The molecule has 1 aliphatic heterocycles. The fourth-order valence-corrected chi connectivity index (χ4v) is 3.17. The minimum absolute atomic E-state index is 0.0227. The summed E-state index contributed by atoms with van der Waals surface area (Å²) in [5, 5.41) is 0. The van der Waals surface area contributed by atoms with Crippen molar-refractivity contribution in [3.05, 3.63) is 65.2 Å². The molecule has 0 saturated heterocycles. The second-order valence-electron chi connectivity index (χ2n) is 7.74. The molecule has 0 spiro atoms. The summed E-state index contributed by atoms with van der Waals surface area (Å²) in [6, 6.07) is 15.2. The van der Waals surface area contributed by atoms with Crippen LogP contribution in [0.3, 0.4) is 0 Å². The lowest BCUT2D eigenvalue weighted by Crippen LogP contribution is -2.39. The summed E-state index contributed by atoms with van der Waals surface area (Å²) in [7, 11) is 0. The number of amides is 1. The molecule has 1 heterocycles. The molecule has 0 fully saturated rings. The number of anilines is 1. The van der Waals surface area contributed by atoms with E-state index in [2.05, 4.69) is 20.8 Å². The average molecular weight is 351 g/mol. The zero-order chi connectivity index (χ0) is 18.9. The molecule has 4 heteroatoms. The van der Waals surface area contributed by atoms with Crippen LogP contribution >= 0.6 is 0 Å². The van der Waals surface area contributed by atoms with Gasteiger partial charge in [-0.05, 0) is 48.1 Å². The summed E-state index contributed by atoms with van der Waals surface area (Å²) < 4.78 is 5.42. The fourth-order valence-electron chi connectivity index (χ4n) is 3.17. The Hall–Kier alpha value is -2.62. The standard InChI is InChI=1S/C22H25NO3/c1-15(20(24)23-14-13-16-7-5-6-8-19(16)23)26-21(25)17-9-11-18(12-10-17)22(2,3)4/h5-12,15H,13-14H2,1-4H3/t15-/m1/s1. The summed E-state index contributed by atoms with van der Waals surface area (Å²) in [6.45, 7) is 8.61. The summed E-state index contributed by atoms with van der Waals surface area (Å²) in [6.07, 6.45) is 0.00701. The number of ether oxygens (including phenoxy) is 1. The molecule has 1 atom stereocenters. The highest BCUT2D eigenvalue weighted by Gasteiger charge is 2.30. The quantitative estimate of drug-likeness (QED) is 0.782. The zero-order valence-electron chi connectivity index (χ0n) is 15.8. The van der Waals surface area contributed by atoms with Crippen molar-refractivity contribution in [2.75, 3.05) is 11.4 Å². The Bertz CT molecular complexity index is 818. The highest BCUT2D eigenvalue weighted by Crippen LogP contribution is 2.28. The van der Waals surface area contributed by atoms with Crippen LogP contribution in [0.4, 0.5) is 5.69 Å². The third-order valence-electron chi connectivity index (χ3n) is 4.77. The van der Waals surface area contributed by atoms with E-state index in [9.17, 15) is 9.59 Å². The maximum atomic E-state index is 12.7. The van der Waals surface area contributed by atoms with Crippen LogP contribution in [0.25, 0.3) is 0 Å². The molecule has 1 aliphatic rings. The van der Waals surface area contributed by atoms with Crippen molar-refractivity contribution in [1.29, 1.82) is 0 Å². The average Bonchev–Trinajstić information content (AvgIpc) is 3.04. The number of rotatable bonds is 3. The first-order chi connectivity index (χ1) is 12.3. The minimum Gasteiger partial charge on any atom is -0.449 e. The van der Waals surface area contributed by atoms with Gasteiger partial charge in [0.25, 0.3) is 5.91 Å². The van der Waals surface area contributed by atoms with Gasteiger partial charge in [-0.15, -0.1) is 0 Å². The van der Waals surface area contributed by atoms with Gasteiger partial charge in [-0.25, -0.2) is 4.79 Å². The van der Waals surface area contributed by atoms with Gasteiger partial charge in [0.05, 0.1) is 5.56 Å². The van der Waals surface area contributed by atoms with Crippen molar-refractivity contribution in [3.8, 4) is 0 Å². The SMILES string of the molecule is C[C@@H](OC(=O)c1ccc(C(C)(C)C)cc1)C(=O)N1CCc2ccccc21. The minimum atomic E-state index is -0.823. The van der Waals surface area contributed by atoms with Gasteiger partial charge in [-0.1, -0.05) is 51.1 Å². The molecule has 26 heavy (non-hydrogen) atoms. The van der Waals surface area contributed by atoms with Crippen LogP contribution in [0, 0.1) is 0 Å². The Morgan fingerprint density at radius 3 is 2.35 bits per heavy atom. The van der Waals surface area contributed by atoms with E-state index in [-0.39, 0.29) is 11.3 Å². The van der Waals surface area contributed by atoms with E-state index < -0.39 is 12.1 Å². The van der Waals surface area contributed by atoms with Gasteiger partial charge in [-0.2, -0.15) is 0 Å². The van der Waals surface area contributed by atoms with Gasteiger partial charge in [0.2, 0.25) is 0 Å². The lowest BCUT2D eigenvalue weighted by molar-refractivity contribution is -0.126. The summed E-state index contributed by atoms with van der Waals surface area (Å²) in [4.78, 5) is 26.8.